The minimum atomic E-state index is -0.0941. The first-order valence-corrected chi connectivity index (χ1v) is 6.93. The molecule has 1 aromatic rings. The minimum absolute atomic E-state index is 0.0941. The van der Waals surface area contributed by atoms with Crippen LogP contribution in [0.2, 0.25) is 0 Å². The highest BCUT2D eigenvalue weighted by atomic mass is 16.5. The van der Waals surface area contributed by atoms with Crippen molar-refractivity contribution in [2.45, 2.75) is 25.8 Å². The average molecular weight is 259 g/mol. The van der Waals surface area contributed by atoms with E-state index in [4.69, 9.17) is 10.5 Å². The van der Waals surface area contributed by atoms with Gasteiger partial charge in [-0.3, -0.25) is 4.99 Å². The lowest BCUT2D eigenvalue weighted by Gasteiger charge is -2.43. The van der Waals surface area contributed by atoms with Crippen molar-refractivity contribution in [3.05, 3.63) is 29.8 Å². The first kappa shape index (κ1) is 12.3. The summed E-state index contributed by atoms with van der Waals surface area (Å²) in [7, 11) is 0. The van der Waals surface area contributed by atoms with Crippen molar-refractivity contribution in [1.29, 1.82) is 0 Å². The molecule has 0 saturated carbocycles. The van der Waals surface area contributed by atoms with Crippen LogP contribution in [0.3, 0.4) is 0 Å². The van der Waals surface area contributed by atoms with Gasteiger partial charge in [0, 0.05) is 18.5 Å². The van der Waals surface area contributed by atoms with E-state index in [0.717, 1.165) is 31.9 Å². The van der Waals surface area contributed by atoms with Crippen LogP contribution in [0.4, 0.5) is 0 Å². The molecule has 0 amide bonds. The van der Waals surface area contributed by atoms with Gasteiger partial charge in [0.25, 0.3) is 0 Å². The quantitative estimate of drug-likeness (QED) is 0.883. The van der Waals surface area contributed by atoms with E-state index in [-0.39, 0.29) is 5.54 Å². The Bertz CT molecular complexity index is 512. The number of para-hydroxylation sites is 1. The smallest absolute Gasteiger partial charge is 0.192 e. The molecule has 0 radical (unpaired) electrons. The molecule has 1 unspecified atom stereocenters. The predicted octanol–water partition coefficient (Wildman–Crippen LogP) is 1.95. The molecule has 19 heavy (non-hydrogen) atoms. The Morgan fingerprint density at radius 2 is 2.21 bits per heavy atom. The number of nitrogens with two attached hydrogens (primary N) is 1. The van der Waals surface area contributed by atoms with Gasteiger partial charge in [-0.1, -0.05) is 32.0 Å². The zero-order valence-corrected chi connectivity index (χ0v) is 11.6. The maximum absolute atomic E-state index is 6.13. The molecule has 1 atom stereocenters. The minimum Gasteiger partial charge on any atom is -0.493 e. The summed E-state index contributed by atoms with van der Waals surface area (Å²) in [6, 6.07) is 8.27. The summed E-state index contributed by atoms with van der Waals surface area (Å²) in [5, 5.41) is 0. The number of benzene rings is 1. The highest BCUT2D eigenvalue weighted by Crippen LogP contribution is 2.44. The standard InChI is InChI=1S/C15H21N3O/c1-11(2)9-18-14(16)17-10-15(18)7-8-19-13-6-4-3-5-12(13)15/h3-6,11H,7-10H2,1-2H3,(H2,16,17). The van der Waals surface area contributed by atoms with Crippen LogP contribution < -0.4 is 10.5 Å². The third kappa shape index (κ3) is 1.86. The molecule has 0 aromatic heterocycles. The predicted molar refractivity (Wildman–Crippen MR) is 76.3 cm³/mol. The summed E-state index contributed by atoms with van der Waals surface area (Å²) < 4.78 is 5.78. The van der Waals surface area contributed by atoms with E-state index in [9.17, 15) is 0 Å². The Balaban J connectivity index is 2.04. The van der Waals surface area contributed by atoms with Crippen molar-refractivity contribution < 1.29 is 4.74 Å². The van der Waals surface area contributed by atoms with Gasteiger partial charge in [0.1, 0.15) is 5.75 Å². The topological polar surface area (TPSA) is 50.8 Å². The molecule has 0 saturated heterocycles. The fourth-order valence-electron chi connectivity index (χ4n) is 3.12. The third-order valence-corrected chi connectivity index (χ3v) is 4.01. The lowest BCUT2D eigenvalue weighted by molar-refractivity contribution is 0.113. The van der Waals surface area contributed by atoms with E-state index in [1.165, 1.54) is 5.56 Å². The second-order valence-corrected chi connectivity index (χ2v) is 5.81. The van der Waals surface area contributed by atoms with Crippen LogP contribution >= 0.6 is 0 Å². The van der Waals surface area contributed by atoms with Gasteiger partial charge >= 0.3 is 0 Å². The number of fused-ring (bicyclic) bond motifs is 2. The molecule has 0 bridgehead atoms. The molecular weight excluding hydrogens is 238 g/mol. The maximum atomic E-state index is 6.13. The average Bonchev–Trinajstić information content (AvgIpc) is 2.69. The summed E-state index contributed by atoms with van der Waals surface area (Å²) in [6.45, 7) is 6.83. The SMILES string of the molecule is CC(C)CN1C(N)=NCC12CCOc1ccccc12. The number of hydrogen-bond donors (Lipinski definition) is 1. The zero-order valence-electron chi connectivity index (χ0n) is 11.6. The van der Waals surface area contributed by atoms with Gasteiger partial charge in [-0.25, -0.2) is 0 Å². The Hall–Kier alpha value is -1.71. The summed E-state index contributed by atoms with van der Waals surface area (Å²) in [5.74, 6) is 2.21. The fraction of sp³-hybridized carbons (Fsp3) is 0.533. The summed E-state index contributed by atoms with van der Waals surface area (Å²) in [6.07, 6.45) is 0.945. The molecule has 102 valence electrons. The van der Waals surface area contributed by atoms with Crippen molar-refractivity contribution in [1.82, 2.24) is 4.90 Å². The Morgan fingerprint density at radius 1 is 1.42 bits per heavy atom. The lowest BCUT2D eigenvalue weighted by Crippen LogP contribution is -2.52. The van der Waals surface area contributed by atoms with Crippen molar-refractivity contribution in [3.63, 3.8) is 0 Å². The first-order valence-electron chi connectivity index (χ1n) is 6.93. The van der Waals surface area contributed by atoms with E-state index < -0.39 is 0 Å². The molecule has 2 aliphatic heterocycles. The number of ether oxygens (including phenoxy) is 1. The Kier molecular flexibility index (Phi) is 2.88. The van der Waals surface area contributed by atoms with Crippen LogP contribution in [0.1, 0.15) is 25.8 Å². The van der Waals surface area contributed by atoms with E-state index in [1.807, 2.05) is 12.1 Å². The molecule has 0 aliphatic carbocycles. The van der Waals surface area contributed by atoms with Crippen molar-refractivity contribution in [2.24, 2.45) is 16.6 Å². The van der Waals surface area contributed by atoms with Crippen LogP contribution in [0.15, 0.2) is 29.3 Å². The van der Waals surface area contributed by atoms with Crippen LogP contribution in [0, 0.1) is 5.92 Å². The van der Waals surface area contributed by atoms with Gasteiger partial charge in [-0.2, -0.15) is 0 Å². The molecule has 1 aromatic carbocycles. The summed E-state index contributed by atoms with van der Waals surface area (Å²) >= 11 is 0. The summed E-state index contributed by atoms with van der Waals surface area (Å²) in [4.78, 5) is 6.79. The number of guanidine groups is 1. The Morgan fingerprint density at radius 3 is 3.00 bits per heavy atom. The van der Waals surface area contributed by atoms with Crippen LogP contribution in [-0.4, -0.2) is 30.6 Å². The van der Waals surface area contributed by atoms with Gasteiger partial charge in [0.15, 0.2) is 5.96 Å². The second-order valence-electron chi connectivity index (χ2n) is 5.81. The van der Waals surface area contributed by atoms with Gasteiger partial charge in [-0.05, 0) is 12.0 Å². The summed E-state index contributed by atoms with van der Waals surface area (Å²) in [5.41, 5.74) is 7.26. The van der Waals surface area contributed by atoms with E-state index in [0.29, 0.717) is 11.9 Å². The van der Waals surface area contributed by atoms with Crippen LogP contribution in [-0.2, 0) is 5.54 Å². The zero-order chi connectivity index (χ0) is 13.5. The highest BCUT2D eigenvalue weighted by Gasteiger charge is 2.47. The molecule has 4 nitrogen and oxygen atoms in total. The van der Waals surface area contributed by atoms with E-state index >= 15 is 0 Å². The van der Waals surface area contributed by atoms with Gasteiger partial charge in [0.05, 0.1) is 18.7 Å². The normalized spacial score (nSPS) is 25.4. The molecule has 2 aliphatic rings. The number of hydrogen-bond acceptors (Lipinski definition) is 4. The molecule has 0 fully saturated rings. The monoisotopic (exact) mass is 259 g/mol. The largest absolute Gasteiger partial charge is 0.493 e. The van der Waals surface area contributed by atoms with Crippen molar-refractivity contribution in [3.8, 4) is 5.75 Å². The Labute approximate surface area is 114 Å². The number of nitrogens with zero attached hydrogens (tertiary/aromatic N) is 2. The number of rotatable bonds is 2. The van der Waals surface area contributed by atoms with Crippen molar-refractivity contribution >= 4 is 5.96 Å². The molecule has 3 rings (SSSR count). The molecule has 4 heteroatoms. The molecule has 2 N–H and O–H groups in total. The third-order valence-electron chi connectivity index (χ3n) is 4.01. The second kappa shape index (κ2) is 4.44. The first-order chi connectivity index (χ1) is 9.13. The van der Waals surface area contributed by atoms with Crippen LogP contribution in [0.5, 0.6) is 5.75 Å². The van der Waals surface area contributed by atoms with Gasteiger partial charge in [0.2, 0.25) is 0 Å². The van der Waals surface area contributed by atoms with Gasteiger partial charge in [-0.15, -0.1) is 0 Å². The fourth-order valence-corrected chi connectivity index (χ4v) is 3.12. The van der Waals surface area contributed by atoms with Crippen LogP contribution in [0.25, 0.3) is 0 Å². The maximum Gasteiger partial charge on any atom is 0.192 e. The molecule has 2 heterocycles. The highest BCUT2D eigenvalue weighted by molar-refractivity contribution is 5.81. The number of aliphatic imine (C=N–C) groups is 1. The van der Waals surface area contributed by atoms with Crippen molar-refractivity contribution in [2.75, 3.05) is 19.7 Å². The molecule has 1 spiro atoms. The van der Waals surface area contributed by atoms with E-state index in [1.54, 1.807) is 0 Å². The lowest BCUT2D eigenvalue weighted by atomic mass is 9.83. The van der Waals surface area contributed by atoms with E-state index in [2.05, 4.69) is 35.9 Å². The van der Waals surface area contributed by atoms with Gasteiger partial charge < -0.3 is 15.4 Å². The molecular formula is C15H21N3O.